The monoisotopic (exact) mass is 333 g/mol. The number of para-hydroxylation sites is 1. The Morgan fingerprint density at radius 2 is 2.12 bits per heavy atom. The van der Waals surface area contributed by atoms with Crippen LogP contribution in [0.25, 0.3) is 10.9 Å². The smallest absolute Gasteiger partial charge is 0.103 e. The van der Waals surface area contributed by atoms with E-state index < -0.39 is 0 Å². The molecule has 4 rings (SSSR count). The molecule has 2 aromatic carbocycles. The summed E-state index contributed by atoms with van der Waals surface area (Å²) in [6.07, 6.45) is 2.59. The molecule has 0 saturated carbocycles. The number of aromatic nitrogens is 1. The topological polar surface area (TPSA) is 68.9 Å². The van der Waals surface area contributed by atoms with Gasteiger partial charge in [-0.25, -0.2) is 0 Å². The highest BCUT2D eigenvalue weighted by molar-refractivity contribution is 7.99. The highest BCUT2D eigenvalue weighted by atomic mass is 32.2. The van der Waals surface area contributed by atoms with E-state index in [9.17, 15) is 10.4 Å². The van der Waals surface area contributed by atoms with Gasteiger partial charge in [-0.1, -0.05) is 18.2 Å². The van der Waals surface area contributed by atoms with E-state index >= 15 is 0 Å². The van der Waals surface area contributed by atoms with Gasteiger partial charge in [0.25, 0.3) is 0 Å². The number of rotatable bonds is 3. The third kappa shape index (κ3) is 2.41. The van der Waals surface area contributed by atoms with Crippen molar-refractivity contribution in [2.75, 3.05) is 11.1 Å². The van der Waals surface area contributed by atoms with Crippen LogP contribution in [0.5, 0.6) is 0 Å². The molecule has 2 N–H and O–H groups in total. The Morgan fingerprint density at radius 1 is 1.25 bits per heavy atom. The number of pyridine rings is 1. The first-order valence-electron chi connectivity index (χ1n) is 7.75. The second-order valence-electron chi connectivity index (χ2n) is 5.63. The quantitative estimate of drug-likeness (QED) is 0.758. The third-order valence-corrected chi connectivity index (χ3v) is 5.38. The molecule has 1 aliphatic rings. The molecule has 2 heterocycles. The highest BCUT2D eigenvalue weighted by Gasteiger charge is 2.20. The molecule has 0 saturated heterocycles. The molecule has 1 aliphatic heterocycles. The molecule has 0 unspecified atom stereocenters. The van der Waals surface area contributed by atoms with Crippen molar-refractivity contribution in [3.05, 3.63) is 59.3 Å². The van der Waals surface area contributed by atoms with Crippen LogP contribution < -0.4 is 5.32 Å². The lowest BCUT2D eigenvalue weighted by Crippen LogP contribution is -2.01. The van der Waals surface area contributed by atoms with Gasteiger partial charge in [0.2, 0.25) is 0 Å². The Balaban J connectivity index is 1.96. The van der Waals surface area contributed by atoms with E-state index in [0.717, 1.165) is 40.0 Å². The fraction of sp³-hybridized carbons (Fsp3) is 0.158. The molecule has 118 valence electrons. The maximum Gasteiger partial charge on any atom is 0.103 e. The van der Waals surface area contributed by atoms with Gasteiger partial charge < -0.3 is 10.4 Å². The van der Waals surface area contributed by atoms with Crippen LogP contribution in [0.4, 0.5) is 11.4 Å². The molecule has 0 bridgehead atoms. The van der Waals surface area contributed by atoms with Gasteiger partial charge in [0.05, 0.1) is 23.4 Å². The minimum atomic E-state index is -0.0535. The van der Waals surface area contributed by atoms with Crippen LogP contribution in [0, 0.1) is 11.3 Å². The number of nitrogens with zero attached hydrogens (tertiary/aromatic N) is 2. The summed E-state index contributed by atoms with van der Waals surface area (Å²) < 4.78 is 0. The highest BCUT2D eigenvalue weighted by Crippen LogP contribution is 2.40. The Morgan fingerprint density at radius 3 is 2.96 bits per heavy atom. The summed E-state index contributed by atoms with van der Waals surface area (Å²) >= 11 is 1.84. The Hall–Kier alpha value is -2.55. The lowest BCUT2D eigenvalue weighted by atomic mass is 10.0. The van der Waals surface area contributed by atoms with Crippen LogP contribution in [0.3, 0.4) is 0 Å². The minimum Gasteiger partial charge on any atom is -0.392 e. The molecule has 24 heavy (non-hydrogen) atoms. The van der Waals surface area contributed by atoms with Crippen LogP contribution in [-0.4, -0.2) is 15.8 Å². The Kier molecular flexibility index (Phi) is 3.85. The number of hydrogen-bond acceptors (Lipinski definition) is 5. The predicted molar refractivity (Wildman–Crippen MR) is 96.5 cm³/mol. The average Bonchev–Trinajstić information content (AvgIpc) is 3.11. The number of nitrogens with one attached hydrogen (secondary N) is 1. The van der Waals surface area contributed by atoms with E-state index in [2.05, 4.69) is 22.4 Å². The van der Waals surface area contributed by atoms with E-state index in [0.29, 0.717) is 5.56 Å². The van der Waals surface area contributed by atoms with Gasteiger partial charge in [0.1, 0.15) is 6.07 Å². The summed E-state index contributed by atoms with van der Waals surface area (Å²) in [5.74, 6) is 1.05. The molecule has 4 nitrogen and oxygen atoms in total. The van der Waals surface area contributed by atoms with Gasteiger partial charge in [0.15, 0.2) is 0 Å². The van der Waals surface area contributed by atoms with Gasteiger partial charge in [-0.15, -0.1) is 11.8 Å². The molecule has 5 heteroatoms. The van der Waals surface area contributed by atoms with Gasteiger partial charge in [-0.3, -0.25) is 4.98 Å². The van der Waals surface area contributed by atoms with E-state index in [4.69, 9.17) is 0 Å². The predicted octanol–water partition coefficient (Wildman–Crippen LogP) is 3.99. The van der Waals surface area contributed by atoms with Crippen LogP contribution in [-0.2, 0) is 13.0 Å². The van der Waals surface area contributed by atoms with Crippen molar-refractivity contribution in [2.24, 2.45) is 0 Å². The van der Waals surface area contributed by atoms with Crippen molar-refractivity contribution < 1.29 is 5.11 Å². The third-order valence-electron chi connectivity index (χ3n) is 4.28. The van der Waals surface area contributed by atoms with Crippen LogP contribution >= 0.6 is 11.8 Å². The van der Waals surface area contributed by atoms with E-state index in [1.807, 2.05) is 42.1 Å². The molecule has 0 aliphatic carbocycles. The first-order chi connectivity index (χ1) is 11.8. The summed E-state index contributed by atoms with van der Waals surface area (Å²) in [6.45, 7) is -0.0535. The van der Waals surface area contributed by atoms with Gasteiger partial charge >= 0.3 is 0 Å². The number of aliphatic hydroxyl groups excluding tert-OH is 1. The van der Waals surface area contributed by atoms with Crippen molar-refractivity contribution >= 4 is 34.0 Å². The molecule has 0 atom stereocenters. The van der Waals surface area contributed by atoms with E-state index in [1.165, 1.54) is 10.5 Å². The minimum absolute atomic E-state index is 0.0535. The zero-order valence-electron chi connectivity index (χ0n) is 12.9. The van der Waals surface area contributed by atoms with Crippen LogP contribution in [0.15, 0.2) is 47.5 Å². The number of aliphatic hydroxyl groups is 1. The molecule has 0 radical (unpaired) electrons. The number of fused-ring (bicyclic) bond motifs is 3. The van der Waals surface area contributed by atoms with Gasteiger partial charge in [0, 0.05) is 33.5 Å². The summed E-state index contributed by atoms with van der Waals surface area (Å²) in [4.78, 5) is 5.72. The van der Waals surface area contributed by atoms with Crippen molar-refractivity contribution in [1.29, 1.82) is 5.26 Å². The van der Waals surface area contributed by atoms with Crippen molar-refractivity contribution in [3.63, 3.8) is 0 Å². The summed E-state index contributed by atoms with van der Waals surface area (Å²) in [6, 6.07) is 14.0. The standard InChI is InChI=1S/C19H15N3OS/c20-9-13-10-21-16-5-6-17-14(7-8-24-17)18(16)19(13)22-15-4-2-1-3-12(15)11-23/h1-6,10,23H,7-8,11H2,(H,21,22). The van der Waals surface area contributed by atoms with E-state index in [1.54, 1.807) is 6.20 Å². The number of thioether (sulfide) groups is 1. The molecule has 0 amide bonds. The van der Waals surface area contributed by atoms with Crippen molar-refractivity contribution in [1.82, 2.24) is 4.98 Å². The first-order valence-corrected chi connectivity index (χ1v) is 8.73. The first kappa shape index (κ1) is 15.0. The second-order valence-corrected chi connectivity index (χ2v) is 6.77. The average molecular weight is 333 g/mol. The van der Waals surface area contributed by atoms with Crippen molar-refractivity contribution in [3.8, 4) is 6.07 Å². The maximum atomic E-state index is 9.57. The summed E-state index contributed by atoms with van der Waals surface area (Å²) in [7, 11) is 0. The summed E-state index contributed by atoms with van der Waals surface area (Å²) in [5.41, 5.74) is 5.05. The van der Waals surface area contributed by atoms with E-state index in [-0.39, 0.29) is 6.61 Å². The molecular formula is C19H15N3OS. The number of anilines is 2. The lowest BCUT2D eigenvalue weighted by Gasteiger charge is -2.16. The fourth-order valence-corrected chi connectivity index (χ4v) is 4.18. The SMILES string of the molecule is N#Cc1cnc2ccc3c(c2c1Nc1ccccc1CO)CCS3. The second kappa shape index (κ2) is 6.16. The zero-order valence-corrected chi connectivity index (χ0v) is 13.7. The van der Waals surface area contributed by atoms with Crippen LogP contribution in [0.1, 0.15) is 16.7 Å². The zero-order chi connectivity index (χ0) is 16.5. The summed E-state index contributed by atoms with van der Waals surface area (Å²) in [5, 5.41) is 23.5. The number of hydrogen-bond donors (Lipinski definition) is 2. The van der Waals surface area contributed by atoms with Crippen LogP contribution in [0.2, 0.25) is 0 Å². The Labute approximate surface area is 144 Å². The molecule has 0 fully saturated rings. The number of nitriles is 1. The van der Waals surface area contributed by atoms with Gasteiger partial charge in [-0.2, -0.15) is 5.26 Å². The number of aryl methyl sites for hydroxylation is 1. The largest absolute Gasteiger partial charge is 0.392 e. The molecule has 0 spiro atoms. The Bertz CT molecular complexity index is 978. The number of benzene rings is 2. The van der Waals surface area contributed by atoms with Crippen molar-refractivity contribution in [2.45, 2.75) is 17.9 Å². The fourth-order valence-electron chi connectivity index (χ4n) is 3.11. The molecule has 3 aromatic rings. The van der Waals surface area contributed by atoms with Gasteiger partial charge in [-0.05, 0) is 30.2 Å². The molecular weight excluding hydrogens is 318 g/mol. The normalized spacial score (nSPS) is 12.8. The maximum absolute atomic E-state index is 9.57. The molecule has 1 aromatic heterocycles. The lowest BCUT2D eigenvalue weighted by molar-refractivity contribution is 0.282.